The molecule has 5 heterocycles. The number of hydrogen-bond acceptors (Lipinski definition) is 10. The third kappa shape index (κ3) is 5.74. The molecular formula is C36H35N7O6. The Hall–Kier alpha value is -5.72. The Labute approximate surface area is 282 Å². The summed E-state index contributed by atoms with van der Waals surface area (Å²) in [7, 11) is 3.10. The highest BCUT2D eigenvalue weighted by atomic mass is 16.5. The van der Waals surface area contributed by atoms with Crippen LogP contribution in [0.2, 0.25) is 0 Å². The first-order valence-corrected chi connectivity index (χ1v) is 16.3. The van der Waals surface area contributed by atoms with Crippen LogP contribution < -0.4 is 18.9 Å². The zero-order valence-electron chi connectivity index (χ0n) is 27.2. The number of carbonyl (C=O) groups excluding carboxylic acids is 2. The summed E-state index contributed by atoms with van der Waals surface area (Å²) in [6.45, 7) is 1.66. The normalized spacial score (nSPS) is 20.7. The molecule has 3 aromatic carbocycles. The lowest BCUT2D eigenvalue weighted by Crippen LogP contribution is -2.35. The molecule has 0 unspecified atom stereocenters. The first-order chi connectivity index (χ1) is 24.0. The van der Waals surface area contributed by atoms with E-state index >= 15 is 0 Å². The predicted octanol–water partition coefficient (Wildman–Crippen LogP) is 4.95. The van der Waals surface area contributed by atoms with Gasteiger partial charge in [0.1, 0.15) is 18.9 Å². The summed E-state index contributed by atoms with van der Waals surface area (Å²) < 4.78 is 25.1. The highest BCUT2D eigenvalue weighted by Gasteiger charge is 2.39. The molecule has 0 spiro atoms. The molecule has 13 nitrogen and oxygen atoms in total. The second-order valence-electron chi connectivity index (χ2n) is 12.5. The monoisotopic (exact) mass is 661 g/mol. The molecule has 0 N–H and O–H groups in total. The van der Waals surface area contributed by atoms with E-state index in [9.17, 15) is 9.59 Å². The van der Waals surface area contributed by atoms with Crippen LogP contribution in [-0.4, -0.2) is 88.4 Å². The Balaban J connectivity index is 0.950. The largest absolute Gasteiger partial charge is 0.493 e. The van der Waals surface area contributed by atoms with Gasteiger partial charge in [0, 0.05) is 37.7 Å². The van der Waals surface area contributed by atoms with Crippen molar-refractivity contribution < 1.29 is 28.5 Å². The Morgan fingerprint density at radius 1 is 0.776 bits per heavy atom. The Kier molecular flexibility index (Phi) is 7.94. The minimum atomic E-state index is -0.212. The minimum absolute atomic E-state index is 0.0159. The van der Waals surface area contributed by atoms with Crippen LogP contribution in [0, 0.1) is 0 Å². The van der Waals surface area contributed by atoms with Gasteiger partial charge in [-0.1, -0.05) is 35.5 Å². The Morgan fingerprint density at radius 3 is 2.12 bits per heavy atom. The van der Waals surface area contributed by atoms with Crippen molar-refractivity contribution in [2.75, 3.05) is 27.3 Å². The summed E-state index contributed by atoms with van der Waals surface area (Å²) in [5, 5.41) is 8.71. The van der Waals surface area contributed by atoms with E-state index in [4.69, 9.17) is 23.9 Å². The van der Waals surface area contributed by atoms with Gasteiger partial charge in [-0.3, -0.25) is 19.6 Å². The van der Waals surface area contributed by atoms with Crippen molar-refractivity contribution in [3.05, 3.63) is 83.2 Å². The maximum atomic E-state index is 13.8. The van der Waals surface area contributed by atoms with Crippen molar-refractivity contribution in [3.63, 3.8) is 0 Å². The van der Waals surface area contributed by atoms with Gasteiger partial charge in [-0.2, -0.15) is 0 Å². The molecular weight excluding hydrogens is 626 g/mol. The smallest absolute Gasteiger partial charge is 0.256 e. The molecule has 250 valence electrons. The van der Waals surface area contributed by atoms with Gasteiger partial charge in [0.05, 0.1) is 61.0 Å². The third-order valence-electron chi connectivity index (χ3n) is 9.48. The van der Waals surface area contributed by atoms with E-state index in [0.29, 0.717) is 70.8 Å². The number of ether oxygens (including phenoxy) is 4. The highest BCUT2D eigenvalue weighted by Crippen LogP contribution is 2.41. The zero-order valence-corrected chi connectivity index (χ0v) is 27.2. The first-order valence-electron chi connectivity index (χ1n) is 16.3. The molecule has 2 amide bonds. The van der Waals surface area contributed by atoms with Crippen LogP contribution >= 0.6 is 0 Å². The van der Waals surface area contributed by atoms with Gasteiger partial charge in [0.2, 0.25) is 0 Å². The van der Waals surface area contributed by atoms with Gasteiger partial charge >= 0.3 is 0 Å². The van der Waals surface area contributed by atoms with Gasteiger partial charge in [-0.05, 0) is 37.0 Å². The van der Waals surface area contributed by atoms with Crippen LogP contribution in [0.5, 0.6) is 23.0 Å². The number of nitrogens with zero attached hydrogens (tertiary/aromatic N) is 7. The van der Waals surface area contributed by atoms with Gasteiger partial charge in [-0.15, -0.1) is 5.10 Å². The number of fused-ring (bicyclic) bond motifs is 4. The lowest BCUT2D eigenvalue weighted by Gasteiger charge is -2.20. The van der Waals surface area contributed by atoms with Crippen LogP contribution in [-0.2, 0) is 13.2 Å². The molecule has 0 radical (unpaired) electrons. The fraction of sp³-hybridized carbons (Fsp3) is 0.333. The number of aliphatic imine (C=N–C) groups is 2. The summed E-state index contributed by atoms with van der Waals surface area (Å²) in [5.41, 5.74) is 3.69. The second kappa shape index (κ2) is 12.7. The van der Waals surface area contributed by atoms with E-state index < -0.39 is 0 Å². The highest BCUT2D eigenvalue weighted by molar-refractivity contribution is 6.04. The molecule has 0 bridgehead atoms. The van der Waals surface area contributed by atoms with E-state index in [-0.39, 0.29) is 36.5 Å². The molecule has 49 heavy (non-hydrogen) atoms. The molecule has 0 aliphatic carbocycles. The van der Waals surface area contributed by atoms with Crippen LogP contribution in [0.4, 0.5) is 11.4 Å². The lowest BCUT2D eigenvalue weighted by atomic mass is 10.1. The van der Waals surface area contributed by atoms with Crippen molar-refractivity contribution >= 4 is 35.6 Å². The van der Waals surface area contributed by atoms with Crippen molar-refractivity contribution in [2.24, 2.45) is 9.98 Å². The maximum absolute atomic E-state index is 13.8. The average Bonchev–Trinajstić information content (AvgIpc) is 3.88. The van der Waals surface area contributed by atoms with Crippen LogP contribution in [0.25, 0.3) is 0 Å². The molecule has 3 atom stereocenters. The molecule has 8 rings (SSSR count). The number of carbonyl (C=O) groups is 2. The van der Waals surface area contributed by atoms with Gasteiger partial charge < -0.3 is 28.7 Å². The van der Waals surface area contributed by atoms with Crippen molar-refractivity contribution in [1.82, 2.24) is 24.8 Å². The average molecular weight is 662 g/mol. The van der Waals surface area contributed by atoms with E-state index in [2.05, 4.69) is 15.3 Å². The molecule has 1 aromatic heterocycles. The van der Waals surface area contributed by atoms with E-state index in [1.165, 1.54) is 0 Å². The standard InChI is InChI=1S/C36H35N7O6/c1-46-31-13-28-30(14-33(31)48-20-22-7-4-3-5-8-22)38-17-25-11-26(19-42(25)36(28)45)43-18-23(39-40-43)21-49-34-15-29-27(12-32(34)47-2)35(44)41-10-6-9-24(41)16-37-29/h3-5,7-8,12-18,24-26H,6,9-11,19-21H2,1-2H3/t24-,25-,26-/m0/s1. The molecule has 4 aromatic rings. The number of aromatic nitrogens is 3. The van der Waals surface area contributed by atoms with Crippen molar-refractivity contribution in [3.8, 4) is 23.0 Å². The zero-order chi connectivity index (χ0) is 33.5. The fourth-order valence-electron chi connectivity index (χ4n) is 6.90. The van der Waals surface area contributed by atoms with Crippen molar-refractivity contribution in [1.29, 1.82) is 0 Å². The van der Waals surface area contributed by atoms with Gasteiger partial charge in [0.25, 0.3) is 11.8 Å². The number of methoxy groups -OCH3 is 2. The molecule has 2 saturated heterocycles. The fourth-order valence-corrected chi connectivity index (χ4v) is 6.90. The van der Waals surface area contributed by atoms with E-state index in [1.54, 1.807) is 43.2 Å². The molecule has 0 saturated carbocycles. The number of rotatable bonds is 9. The van der Waals surface area contributed by atoms with E-state index in [0.717, 1.165) is 24.9 Å². The van der Waals surface area contributed by atoms with Crippen LogP contribution in [0.15, 0.2) is 70.8 Å². The number of hydrogen-bond donors (Lipinski definition) is 0. The minimum Gasteiger partial charge on any atom is -0.493 e. The molecule has 13 heteroatoms. The van der Waals surface area contributed by atoms with Gasteiger partial charge in [0.15, 0.2) is 23.0 Å². The number of benzene rings is 3. The Morgan fingerprint density at radius 2 is 1.43 bits per heavy atom. The topological polar surface area (TPSA) is 133 Å². The predicted molar refractivity (Wildman–Crippen MR) is 180 cm³/mol. The quantitative estimate of drug-likeness (QED) is 0.246. The van der Waals surface area contributed by atoms with E-state index in [1.807, 2.05) is 58.8 Å². The maximum Gasteiger partial charge on any atom is 0.256 e. The summed E-state index contributed by atoms with van der Waals surface area (Å²) in [5.74, 6) is 1.72. The SMILES string of the molecule is COc1cc2c(cc1OCc1ccccc1)N=C[C@@H]1C[C@H](n3cc(COc4cc5c(cc4OC)C(=O)N4CCC[C@H]4C=N5)nn3)CN1C2=O. The molecule has 4 aliphatic rings. The molecule has 2 fully saturated rings. The van der Waals surface area contributed by atoms with Crippen LogP contribution in [0.1, 0.15) is 57.3 Å². The van der Waals surface area contributed by atoms with Crippen LogP contribution in [0.3, 0.4) is 0 Å². The summed E-state index contributed by atoms with van der Waals surface area (Å²) in [4.78, 5) is 40.0. The van der Waals surface area contributed by atoms with Crippen molar-refractivity contribution in [2.45, 2.75) is 50.6 Å². The molecule has 4 aliphatic heterocycles. The Bertz CT molecular complexity index is 1980. The second-order valence-corrected chi connectivity index (χ2v) is 12.5. The summed E-state index contributed by atoms with van der Waals surface area (Å²) in [6.07, 6.45) is 8.01. The van der Waals surface area contributed by atoms with Gasteiger partial charge in [-0.25, -0.2) is 4.68 Å². The lowest BCUT2D eigenvalue weighted by molar-refractivity contribution is 0.0763. The number of amides is 2. The third-order valence-corrected chi connectivity index (χ3v) is 9.48. The summed E-state index contributed by atoms with van der Waals surface area (Å²) in [6, 6.07) is 16.5. The first kappa shape index (κ1) is 30.6. The summed E-state index contributed by atoms with van der Waals surface area (Å²) >= 11 is 0.